The molecule has 1 fully saturated rings. The van der Waals surface area contributed by atoms with Gasteiger partial charge < -0.3 is 10.1 Å². The van der Waals surface area contributed by atoms with Crippen molar-refractivity contribution in [2.24, 2.45) is 0 Å². The molecule has 88 valence electrons. The second kappa shape index (κ2) is 4.37. The van der Waals surface area contributed by atoms with Crippen molar-refractivity contribution in [3.8, 4) is 0 Å². The summed E-state index contributed by atoms with van der Waals surface area (Å²) in [6.07, 6.45) is 1.92. The van der Waals surface area contributed by atoms with E-state index in [0.29, 0.717) is 5.56 Å². The summed E-state index contributed by atoms with van der Waals surface area (Å²) in [6.45, 7) is 1.55. The number of halogens is 2. The number of nitrogens with one attached hydrogen (secondary N) is 1. The first-order valence-corrected chi connectivity index (χ1v) is 5.35. The molecule has 0 bridgehead atoms. The Morgan fingerprint density at radius 2 is 1.94 bits per heavy atom. The Balaban J connectivity index is 2.02. The molecule has 1 N–H and O–H groups in total. The molecule has 1 aliphatic rings. The van der Waals surface area contributed by atoms with E-state index in [4.69, 9.17) is 4.74 Å². The van der Waals surface area contributed by atoms with Gasteiger partial charge in [0.25, 0.3) is 0 Å². The molecule has 2 rings (SSSR count). The van der Waals surface area contributed by atoms with Gasteiger partial charge in [-0.1, -0.05) is 0 Å². The first-order chi connectivity index (χ1) is 7.60. The SMILES string of the molecule is COC1CC(Nc2cc(F)c(C)cc2F)C1. The first-order valence-electron chi connectivity index (χ1n) is 5.35. The average Bonchev–Trinajstić information content (AvgIpc) is 2.18. The topological polar surface area (TPSA) is 21.3 Å². The Kier molecular flexibility index (Phi) is 3.10. The maximum Gasteiger partial charge on any atom is 0.146 e. The van der Waals surface area contributed by atoms with Gasteiger partial charge in [-0.2, -0.15) is 0 Å². The number of anilines is 1. The van der Waals surface area contributed by atoms with Crippen molar-refractivity contribution in [2.75, 3.05) is 12.4 Å². The summed E-state index contributed by atoms with van der Waals surface area (Å²) >= 11 is 0. The Labute approximate surface area is 93.6 Å². The van der Waals surface area contributed by atoms with Crippen molar-refractivity contribution in [3.05, 3.63) is 29.3 Å². The van der Waals surface area contributed by atoms with E-state index in [1.807, 2.05) is 0 Å². The molecule has 0 amide bonds. The van der Waals surface area contributed by atoms with Crippen molar-refractivity contribution in [1.82, 2.24) is 0 Å². The van der Waals surface area contributed by atoms with Gasteiger partial charge >= 0.3 is 0 Å². The van der Waals surface area contributed by atoms with Crippen LogP contribution in [0.4, 0.5) is 14.5 Å². The molecule has 16 heavy (non-hydrogen) atoms. The van der Waals surface area contributed by atoms with Crippen LogP contribution in [0.25, 0.3) is 0 Å². The molecule has 0 spiro atoms. The summed E-state index contributed by atoms with van der Waals surface area (Å²) < 4.78 is 31.8. The number of benzene rings is 1. The largest absolute Gasteiger partial charge is 0.381 e. The summed E-state index contributed by atoms with van der Waals surface area (Å²) in [6, 6.07) is 2.61. The van der Waals surface area contributed by atoms with Crippen LogP contribution in [-0.2, 0) is 4.74 Å². The van der Waals surface area contributed by atoms with Gasteiger partial charge in [0.2, 0.25) is 0 Å². The molecule has 1 aromatic carbocycles. The summed E-state index contributed by atoms with van der Waals surface area (Å²) in [5.74, 6) is -0.786. The third-order valence-electron chi connectivity index (χ3n) is 3.04. The lowest BCUT2D eigenvalue weighted by Gasteiger charge is -2.35. The molecule has 0 atom stereocenters. The Hall–Kier alpha value is -1.16. The van der Waals surface area contributed by atoms with Gasteiger partial charge in [0.05, 0.1) is 11.8 Å². The summed E-state index contributed by atoms with van der Waals surface area (Å²) in [5.41, 5.74) is 0.564. The highest BCUT2D eigenvalue weighted by Crippen LogP contribution is 2.28. The van der Waals surface area contributed by atoms with Crippen molar-refractivity contribution < 1.29 is 13.5 Å². The van der Waals surface area contributed by atoms with E-state index in [1.54, 1.807) is 14.0 Å². The zero-order chi connectivity index (χ0) is 11.7. The lowest BCUT2D eigenvalue weighted by molar-refractivity contribution is 0.0328. The van der Waals surface area contributed by atoms with Crippen molar-refractivity contribution in [1.29, 1.82) is 0 Å². The molecule has 1 saturated carbocycles. The van der Waals surface area contributed by atoms with Gasteiger partial charge in [-0.15, -0.1) is 0 Å². The van der Waals surface area contributed by atoms with Crippen LogP contribution in [0.3, 0.4) is 0 Å². The molecule has 0 radical (unpaired) electrons. The van der Waals surface area contributed by atoms with Crippen LogP contribution in [0.15, 0.2) is 12.1 Å². The van der Waals surface area contributed by atoms with E-state index < -0.39 is 5.82 Å². The van der Waals surface area contributed by atoms with E-state index in [9.17, 15) is 8.78 Å². The van der Waals surface area contributed by atoms with Gasteiger partial charge in [0.1, 0.15) is 11.6 Å². The van der Waals surface area contributed by atoms with E-state index in [1.165, 1.54) is 12.1 Å². The summed E-state index contributed by atoms with van der Waals surface area (Å²) in [4.78, 5) is 0. The number of hydrogen-bond donors (Lipinski definition) is 1. The van der Waals surface area contributed by atoms with Gasteiger partial charge in [0, 0.05) is 19.2 Å². The van der Waals surface area contributed by atoms with Crippen molar-refractivity contribution in [2.45, 2.75) is 31.9 Å². The fraction of sp³-hybridized carbons (Fsp3) is 0.500. The Morgan fingerprint density at radius 1 is 1.25 bits per heavy atom. The Bertz CT molecular complexity index is 389. The highest BCUT2D eigenvalue weighted by atomic mass is 19.1. The molecular formula is C12H15F2NO. The van der Waals surface area contributed by atoms with E-state index in [-0.39, 0.29) is 23.7 Å². The first kappa shape index (κ1) is 11.3. The number of aryl methyl sites for hydroxylation is 1. The molecule has 1 aliphatic carbocycles. The van der Waals surface area contributed by atoms with E-state index in [0.717, 1.165) is 12.8 Å². The molecule has 4 heteroatoms. The normalized spacial score (nSPS) is 24.0. The van der Waals surface area contributed by atoms with Crippen LogP contribution in [0.5, 0.6) is 0 Å². The zero-order valence-corrected chi connectivity index (χ0v) is 9.39. The third-order valence-corrected chi connectivity index (χ3v) is 3.04. The van der Waals surface area contributed by atoms with Crippen molar-refractivity contribution >= 4 is 5.69 Å². The fourth-order valence-corrected chi connectivity index (χ4v) is 1.85. The summed E-state index contributed by atoms with van der Waals surface area (Å²) in [7, 11) is 1.66. The smallest absolute Gasteiger partial charge is 0.146 e. The maximum absolute atomic E-state index is 13.5. The van der Waals surface area contributed by atoms with Crippen LogP contribution >= 0.6 is 0 Å². The van der Waals surface area contributed by atoms with Crippen LogP contribution in [0, 0.1) is 18.6 Å². The minimum absolute atomic E-state index is 0.182. The zero-order valence-electron chi connectivity index (χ0n) is 9.39. The molecule has 0 saturated heterocycles. The van der Waals surface area contributed by atoms with Gasteiger partial charge in [-0.25, -0.2) is 8.78 Å². The van der Waals surface area contributed by atoms with E-state index >= 15 is 0 Å². The molecule has 0 unspecified atom stereocenters. The predicted octanol–water partition coefficient (Wildman–Crippen LogP) is 2.86. The lowest BCUT2D eigenvalue weighted by Crippen LogP contribution is -2.40. The van der Waals surface area contributed by atoms with Crippen LogP contribution in [0.1, 0.15) is 18.4 Å². The van der Waals surface area contributed by atoms with Gasteiger partial charge in [-0.05, 0) is 31.4 Å². The highest BCUT2D eigenvalue weighted by molar-refractivity contribution is 5.48. The highest BCUT2D eigenvalue weighted by Gasteiger charge is 2.29. The molecular weight excluding hydrogens is 212 g/mol. The quantitative estimate of drug-likeness (QED) is 0.857. The minimum Gasteiger partial charge on any atom is -0.381 e. The molecule has 2 nitrogen and oxygen atoms in total. The van der Waals surface area contributed by atoms with E-state index in [2.05, 4.69) is 5.32 Å². The summed E-state index contributed by atoms with van der Waals surface area (Å²) in [5, 5.41) is 2.98. The third kappa shape index (κ3) is 2.16. The van der Waals surface area contributed by atoms with Crippen molar-refractivity contribution in [3.63, 3.8) is 0 Å². The predicted molar refractivity (Wildman–Crippen MR) is 58.5 cm³/mol. The van der Waals surface area contributed by atoms with Gasteiger partial charge in [-0.3, -0.25) is 0 Å². The van der Waals surface area contributed by atoms with Crippen LogP contribution in [-0.4, -0.2) is 19.3 Å². The number of rotatable bonds is 3. The second-order valence-corrected chi connectivity index (χ2v) is 4.25. The lowest BCUT2D eigenvalue weighted by atomic mass is 9.89. The monoisotopic (exact) mass is 227 g/mol. The standard InChI is InChI=1S/C12H15F2NO/c1-7-3-11(14)12(6-10(7)13)15-8-4-9(5-8)16-2/h3,6,8-9,15H,4-5H2,1-2H3. The molecule has 0 aromatic heterocycles. The molecule has 0 aliphatic heterocycles. The Morgan fingerprint density at radius 3 is 2.56 bits per heavy atom. The van der Waals surface area contributed by atoms with Crippen LogP contribution in [0.2, 0.25) is 0 Å². The maximum atomic E-state index is 13.5. The molecule has 1 aromatic rings. The van der Waals surface area contributed by atoms with Gasteiger partial charge in [0.15, 0.2) is 0 Å². The average molecular weight is 227 g/mol. The number of hydrogen-bond acceptors (Lipinski definition) is 2. The second-order valence-electron chi connectivity index (χ2n) is 4.25. The number of ether oxygens (including phenoxy) is 1. The minimum atomic E-state index is -0.403. The van der Waals surface area contributed by atoms with Crippen LogP contribution < -0.4 is 5.32 Å². The molecule has 0 heterocycles. The fourth-order valence-electron chi connectivity index (χ4n) is 1.85. The number of methoxy groups -OCH3 is 1.